The van der Waals surface area contributed by atoms with Crippen LogP contribution in [-0.4, -0.2) is 23.7 Å². The standard InChI is InChI=1S/C18H22N2S2/c1-14-8-10-16(11-9-14)17(15-6-4-3-5-7-15)22-13-12-20-18(19)21-2/h3-11,17H,12-13H2,1-2H3,(H2,19,20). The van der Waals surface area contributed by atoms with Crippen LogP contribution in [0.25, 0.3) is 0 Å². The van der Waals surface area contributed by atoms with Crippen molar-refractivity contribution < 1.29 is 0 Å². The van der Waals surface area contributed by atoms with Crippen molar-refractivity contribution in [2.24, 2.45) is 10.7 Å². The fraction of sp³-hybridized carbons (Fsp3) is 0.278. The zero-order valence-corrected chi connectivity index (χ0v) is 14.7. The third-order valence-electron chi connectivity index (χ3n) is 3.34. The molecule has 0 aliphatic rings. The minimum Gasteiger partial charge on any atom is -0.379 e. The Morgan fingerprint density at radius 3 is 2.32 bits per heavy atom. The molecule has 1 atom stereocenters. The Bertz CT molecular complexity index is 594. The van der Waals surface area contributed by atoms with Crippen molar-refractivity contribution in [1.82, 2.24) is 0 Å². The van der Waals surface area contributed by atoms with Gasteiger partial charge in [-0.05, 0) is 24.3 Å². The molecule has 0 fully saturated rings. The van der Waals surface area contributed by atoms with E-state index in [0.717, 1.165) is 12.3 Å². The van der Waals surface area contributed by atoms with Crippen molar-refractivity contribution in [3.63, 3.8) is 0 Å². The molecule has 2 N–H and O–H groups in total. The Balaban J connectivity index is 2.11. The van der Waals surface area contributed by atoms with Gasteiger partial charge in [0.1, 0.15) is 0 Å². The monoisotopic (exact) mass is 330 g/mol. The molecule has 0 saturated carbocycles. The van der Waals surface area contributed by atoms with E-state index in [4.69, 9.17) is 5.73 Å². The molecule has 1 unspecified atom stereocenters. The summed E-state index contributed by atoms with van der Waals surface area (Å²) in [6, 6.07) is 19.4. The third-order valence-corrected chi connectivity index (χ3v) is 5.18. The van der Waals surface area contributed by atoms with Gasteiger partial charge in [-0.2, -0.15) is 0 Å². The van der Waals surface area contributed by atoms with E-state index < -0.39 is 0 Å². The number of hydrogen-bond acceptors (Lipinski definition) is 3. The van der Waals surface area contributed by atoms with Gasteiger partial charge in [-0.25, -0.2) is 0 Å². The first-order valence-electron chi connectivity index (χ1n) is 7.27. The third kappa shape index (κ3) is 5.11. The van der Waals surface area contributed by atoms with Gasteiger partial charge >= 0.3 is 0 Å². The van der Waals surface area contributed by atoms with Gasteiger partial charge in [0.05, 0.1) is 11.8 Å². The van der Waals surface area contributed by atoms with Crippen LogP contribution in [0.2, 0.25) is 0 Å². The Morgan fingerprint density at radius 1 is 1.05 bits per heavy atom. The van der Waals surface area contributed by atoms with Crippen LogP contribution < -0.4 is 5.73 Å². The maximum Gasteiger partial charge on any atom is 0.153 e. The topological polar surface area (TPSA) is 38.4 Å². The Hall–Kier alpha value is -1.39. The van der Waals surface area contributed by atoms with Crippen LogP contribution in [0.15, 0.2) is 59.6 Å². The van der Waals surface area contributed by atoms with Crippen molar-refractivity contribution in [2.45, 2.75) is 12.2 Å². The molecule has 0 bridgehead atoms. The van der Waals surface area contributed by atoms with Crippen LogP contribution in [0, 0.1) is 6.92 Å². The van der Waals surface area contributed by atoms with E-state index in [9.17, 15) is 0 Å². The molecule has 22 heavy (non-hydrogen) atoms. The van der Waals surface area contributed by atoms with E-state index in [1.54, 1.807) is 0 Å². The lowest BCUT2D eigenvalue weighted by atomic mass is 10.0. The number of thioether (sulfide) groups is 2. The van der Waals surface area contributed by atoms with Gasteiger partial charge in [0.25, 0.3) is 0 Å². The minimum atomic E-state index is 0.340. The maximum atomic E-state index is 5.73. The van der Waals surface area contributed by atoms with Crippen molar-refractivity contribution >= 4 is 28.7 Å². The molecule has 0 aliphatic carbocycles. The highest BCUT2D eigenvalue weighted by Crippen LogP contribution is 2.35. The first kappa shape index (κ1) is 17.0. The predicted octanol–water partition coefficient (Wildman–Crippen LogP) is 4.50. The summed E-state index contributed by atoms with van der Waals surface area (Å²) < 4.78 is 0. The number of aliphatic imine (C=N–C) groups is 1. The molecule has 4 heteroatoms. The Morgan fingerprint density at radius 2 is 1.68 bits per heavy atom. The average molecular weight is 331 g/mol. The summed E-state index contributed by atoms with van der Waals surface area (Å²) in [5.41, 5.74) is 9.69. The first-order valence-corrected chi connectivity index (χ1v) is 9.55. The summed E-state index contributed by atoms with van der Waals surface area (Å²) in [4.78, 5) is 4.35. The molecule has 0 saturated heterocycles. The molecular formula is C18H22N2S2. The summed E-state index contributed by atoms with van der Waals surface area (Å²) >= 11 is 3.41. The van der Waals surface area contributed by atoms with Gasteiger partial charge in [-0.15, -0.1) is 11.8 Å². The molecule has 2 aromatic carbocycles. The summed E-state index contributed by atoms with van der Waals surface area (Å²) in [7, 11) is 0. The number of rotatable bonds is 6. The Kier molecular flexibility index (Phi) is 6.87. The summed E-state index contributed by atoms with van der Waals surface area (Å²) in [5, 5.41) is 1.000. The number of nitrogens with two attached hydrogens (primary N) is 1. The van der Waals surface area contributed by atoms with Crippen LogP contribution in [0.5, 0.6) is 0 Å². The van der Waals surface area contributed by atoms with E-state index in [-0.39, 0.29) is 0 Å². The molecule has 0 heterocycles. The van der Waals surface area contributed by atoms with E-state index in [1.807, 2.05) is 18.0 Å². The van der Waals surface area contributed by atoms with E-state index in [2.05, 4.69) is 66.5 Å². The lowest BCUT2D eigenvalue weighted by Gasteiger charge is -2.17. The largest absolute Gasteiger partial charge is 0.379 e. The molecule has 0 spiro atoms. The van der Waals surface area contributed by atoms with Crippen molar-refractivity contribution in [3.8, 4) is 0 Å². The van der Waals surface area contributed by atoms with Crippen LogP contribution >= 0.6 is 23.5 Å². The second-order valence-electron chi connectivity index (χ2n) is 5.00. The highest BCUT2D eigenvalue weighted by molar-refractivity contribution is 8.13. The molecule has 0 aliphatic heterocycles. The fourth-order valence-electron chi connectivity index (χ4n) is 2.14. The van der Waals surface area contributed by atoms with Crippen LogP contribution in [-0.2, 0) is 0 Å². The number of benzene rings is 2. The molecule has 2 nitrogen and oxygen atoms in total. The predicted molar refractivity (Wildman–Crippen MR) is 102 cm³/mol. The van der Waals surface area contributed by atoms with Gasteiger partial charge in [0.2, 0.25) is 0 Å². The van der Waals surface area contributed by atoms with Crippen LogP contribution in [0.3, 0.4) is 0 Å². The molecular weight excluding hydrogens is 308 g/mol. The van der Waals surface area contributed by atoms with E-state index >= 15 is 0 Å². The highest BCUT2D eigenvalue weighted by atomic mass is 32.2. The molecule has 0 aromatic heterocycles. The SMILES string of the molecule is CSC(N)=NCCSC(c1ccccc1)c1ccc(C)cc1. The second kappa shape index (κ2) is 8.91. The first-order chi connectivity index (χ1) is 10.7. The maximum absolute atomic E-state index is 5.73. The van der Waals surface area contributed by atoms with Gasteiger partial charge < -0.3 is 5.73 Å². The van der Waals surface area contributed by atoms with Crippen molar-refractivity contribution in [2.75, 3.05) is 18.6 Å². The molecule has 2 rings (SSSR count). The number of hydrogen-bond donors (Lipinski definition) is 1. The molecule has 2 aromatic rings. The van der Waals surface area contributed by atoms with Gasteiger partial charge in [0, 0.05) is 5.75 Å². The number of aryl methyl sites for hydroxylation is 1. The molecule has 116 valence electrons. The zero-order chi connectivity index (χ0) is 15.8. The fourth-order valence-corrected chi connectivity index (χ4v) is 3.50. The Labute approximate surface area is 141 Å². The van der Waals surface area contributed by atoms with Gasteiger partial charge in [0.15, 0.2) is 5.17 Å². The summed E-state index contributed by atoms with van der Waals surface area (Å²) in [6.45, 7) is 2.88. The summed E-state index contributed by atoms with van der Waals surface area (Å²) in [5.74, 6) is 0.953. The van der Waals surface area contributed by atoms with E-state index in [0.29, 0.717) is 10.4 Å². The molecule has 0 amide bonds. The second-order valence-corrected chi connectivity index (χ2v) is 7.04. The molecule has 0 radical (unpaired) electrons. The summed E-state index contributed by atoms with van der Waals surface area (Å²) in [6.07, 6.45) is 1.95. The van der Waals surface area contributed by atoms with E-state index in [1.165, 1.54) is 28.5 Å². The van der Waals surface area contributed by atoms with Gasteiger partial charge in [-0.3, -0.25) is 4.99 Å². The van der Waals surface area contributed by atoms with Crippen LogP contribution in [0.1, 0.15) is 21.9 Å². The minimum absolute atomic E-state index is 0.340. The van der Waals surface area contributed by atoms with Gasteiger partial charge in [-0.1, -0.05) is 71.9 Å². The normalized spacial score (nSPS) is 13.1. The highest BCUT2D eigenvalue weighted by Gasteiger charge is 2.14. The average Bonchev–Trinajstić information content (AvgIpc) is 2.56. The number of nitrogens with zero attached hydrogens (tertiary/aromatic N) is 1. The lowest BCUT2D eigenvalue weighted by molar-refractivity contribution is 1.11. The number of amidine groups is 1. The van der Waals surface area contributed by atoms with Crippen molar-refractivity contribution in [3.05, 3.63) is 71.3 Å². The zero-order valence-electron chi connectivity index (χ0n) is 13.0. The smallest absolute Gasteiger partial charge is 0.153 e. The quantitative estimate of drug-likeness (QED) is 0.481. The lowest BCUT2D eigenvalue weighted by Crippen LogP contribution is -2.07. The van der Waals surface area contributed by atoms with Crippen LogP contribution in [0.4, 0.5) is 0 Å². The van der Waals surface area contributed by atoms with Crippen molar-refractivity contribution in [1.29, 1.82) is 0 Å².